The standard InChI is InChI=1S/C28H36N2O5/c1-17(2)23(24(31)30-28(6,7)25(32)35-27(3,4)5)29-26(33)34-16-22-20-14-10-8-12-18(20)19-13-9-11-15-21(19)22/h8-15,17,22-23H,16H2,1-7H3,(H,29,33)(H,30,31)/t23-/m0/s1. The van der Waals surface area contributed by atoms with Crippen LogP contribution in [0, 0.1) is 5.92 Å². The number of rotatable bonds is 7. The number of benzene rings is 2. The quantitative estimate of drug-likeness (QED) is 0.556. The highest BCUT2D eigenvalue weighted by Crippen LogP contribution is 2.44. The molecule has 1 atom stereocenters. The van der Waals surface area contributed by atoms with Crippen molar-refractivity contribution in [2.75, 3.05) is 6.61 Å². The van der Waals surface area contributed by atoms with Gasteiger partial charge in [0.15, 0.2) is 0 Å². The number of ether oxygens (including phenoxy) is 2. The highest BCUT2D eigenvalue weighted by atomic mass is 16.6. The summed E-state index contributed by atoms with van der Waals surface area (Å²) in [7, 11) is 0. The molecule has 0 spiro atoms. The first-order valence-corrected chi connectivity index (χ1v) is 12.0. The van der Waals surface area contributed by atoms with Crippen molar-refractivity contribution >= 4 is 18.0 Å². The van der Waals surface area contributed by atoms with E-state index in [0.717, 1.165) is 22.3 Å². The van der Waals surface area contributed by atoms with Gasteiger partial charge in [0.1, 0.15) is 23.8 Å². The number of carbonyl (C=O) groups is 3. The predicted octanol–water partition coefficient (Wildman–Crippen LogP) is 4.79. The largest absolute Gasteiger partial charge is 0.458 e. The Morgan fingerprint density at radius 1 is 0.886 bits per heavy atom. The number of carbonyl (C=O) groups excluding carboxylic acids is 3. The Labute approximate surface area is 207 Å². The molecule has 0 aromatic heterocycles. The fourth-order valence-electron chi connectivity index (χ4n) is 4.14. The fourth-order valence-corrected chi connectivity index (χ4v) is 4.14. The van der Waals surface area contributed by atoms with E-state index in [1.165, 1.54) is 0 Å². The summed E-state index contributed by atoms with van der Waals surface area (Å²) < 4.78 is 11.0. The predicted molar refractivity (Wildman–Crippen MR) is 135 cm³/mol. The zero-order chi connectivity index (χ0) is 26.0. The smallest absolute Gasteiger partial charge is 0.407 e. The van der Waals surface area contributed by atoms with Gasteiger partial charge in [-0.1, -0.05) is 62.4 Å². The molecule has 0 fully saturated rings. The van der Waals surface area contributed by atoms with Crippen LogP contribution in [0.25, 0.3) is 11.1 Å². The molecule has 35 heavy (non-hydrogen) atoms. The Bertz CT molecular complexity index is 1060. The SMILES string of the molecule is CC(C)[C@H](NC(=O)OCC1c2ccccc2-c2ccccc21)C(=O)NC(C)(C)C(=O)OC(C)(C)C. The molecule has 0 radical (unpaired) electrons. The lowest BCUT2D eigenvalue weighted by Gasteiger charge is -2.31. The maximum atomic E-state index is 13.0. The fraction of sp³-hybridized carbons (Fsp3) is 0.464. The van der Waals surface area contributed by atoms with Crippen LogP contribution in [-0.2, 0) is 19.1 Å². The maximum Gasteiger partial charge on any atom is 0.407 e. The van der Waals surface area contributed by atoms with Crippen molar-refractivity contribution in [1.29, 1.82) is 0 Å². The Morgan fingerprint density at radius 2 is 1.40 bits per heavy atom. The lowest BCUT2D eigenvalue weighted by molar-refractivity contribution is -0.163. The molecule has 2 amide bonds. The molecular weight excluding hydrogens is 444 g/mol. The molecule has 2 aromatic carbocycles. The maximum absolute atomic E-state index is 13.0. The van der Waals surface area contributed by atoms with Crippen molar-refractivity contribution in [3.05, 3.63) is 59.7 Å². The van der Waals surface area contributed by atoms with Crippen molar-refractivity contribution in [2.45, 2.75) is 71.6 Å². The first-order valence-electron chi connectivity index (χ1n) is 12.0. The summed E-state index contributed by atoms with van der Waals surface area (Å²) >= 11 is 0. The van der Waals surface area contributed by atoms with Crippen LogP contribution in [0.4, 0.5) is 4.79 Å². The number of amides is 2. The molecule has 1 aliphatic rings. The van der Waals surface area contributed by atoms with E-state index in [9.17, 15) is 14.4 Å². The summed E-state index contributed by atoms with van der Waals surface area (Å²) in [6.07, 6.45) is -0.684. The molecule has 0 bridgehead atoms. The van der Waals surface area contributed by atoms with E-state index in [-0.39, 0.29) is 18.4 Å². The molecule has 0 aliphatic heterocycles. The van der Waals surface area contributed by atoms with E-state index in [0.29, 0.717) is 0 Å². The minimum absolute atomic E-state index is 0.0782. The molecule has 3 rings (SSSR count). The Balaban J connectivity index is 1.65. The van der Waals surface area contributed by atoms with Gasteiger partial charge in [-0.05, 0) is 62.8 Å². The van der Waals surface area contributed by atoms with E-state index in [2.05, 4.69) is 22.8 Å². The second kappa shape index (κ2) is 10.1. The number of hydrogen-bond donors (Lipinski definition) is 2. The highest BCUT2D eigenvalue weighted by Gasteiger charge is 2.37. The minimum atomic E-state index is -1.26. The second-order valence-electron chi connectivity index (χ2n) is 10.8. The molecule has 2 aromatic rings. The monoisotopic (exact) mass is 480 g/mol. The third kappa shape index (κ3) is 6.21. The number of nitrogens with one attached hydrogen (secondary N) is 2. The van der Waals surface area contributed by atoms with Crippen molar-refractivity contribution in [3.63, 3.8) is 0 Å². The summed E-state index contributed by atoms with van der Waals surface area (Å²) in [5.41, 5.74) is 2.55. The molecule has 1 aliphatic carbocycles. The van der Waals surface area contributed by atoms with E-state index in [4.69, 9.17) is 9.47 Å². The average Bonchev–Trinajstić information content (AvgIpc) is 3.08. The van der Waals surface area contributed by atoms with Crippen LogP contribution in [0.5, 0.6) is 0 Å². The van der Waals surface area contributed by atoms with E-state index in [1.807, 2.05) is 50.2 Å². The van der Waals surface area contributed by atoms with Gasteiger partial charge in [0, 0.05) is 5.92 Å². The van der Waals surface area contributed by atoms with Crippen LogP contribution in [0.3, 0.4) is 0 Å². The molecule has 2 N–H and O–H groups in total. The van der Waals surface area contributed by atoms with Gasteiger partial charge < -0.3 is 20.1 Å². The van der Waals surface area contributed by atoms with Gasteiger partial charge in [-0.15, -0.1) is 0 Å². The van der Waals surface area contributed by atoms with Gasteiger partial charge in [-0.3, -0.25) is 4.79 Å². The van der Waals surface area contributed by atoms with Gasteiger partial charge in [0.05, 0.1) is 0 Å². The zero-order valence-corrected chi connectivity index (χ0v) is 21.6. The van der Waals surface area contributed by atoms with E-state index in [1.54, 1.807) is 34.6 Å². The summed E-state index contributed by atoms with van der Waals surface area (Å²) in [5, 5.41) is 5.38. The van der Waals surface area contributed by atoms with Crippen LogP contribution >= 0.6 is 0 Å². The van der Waals surface area contributed by atoms with Crippen molar-refractivity contribution in [3.8, 4) is 11.1 Å². The molecule has 0 saturated heterocycles. The third-order valence-electron chi connectivity index (χ3n) is 5.91. The number of esters is 1. The molecule has 0 heterocycles. The molecule has 7 heteroatoms. The topological polar surface area (TPSA) is 93.7 Å². The lowest BCUT2D eigenvalue weighted by atomic mass is 9.98. The Kier molecular flexibility index (Phi) is 7.58. The first kappa shape index (κ1) is 26.3. The van der Waals surface area contributed by atoms with Crippen LogP contribution in [0.2, 0.25) is 0 Å². The summed E-state index contributed by atoms with van der Waals surface area (Å²) in [6.45, 7) is 12.2. The van der Waals surface area contributed by atoms with Crippen molar-refractivity contribution in [2.24, 2.45) is 5.92 Å². The highest BCUT2D eigenvalue weighted by molar-refractivity contribution is 5.91. The molecule has 0 unspecified atom stereocenters. The van der Waals surface area contributed by atoms with E-state index < -0.39 is 35.2 Å². The summed E-state index contributed by atoms with van der Waals surface area (Å²) in [5.74, 6) is -1.35. The van der Waals surface area contributed by atoms with Gasteiger partial charge in [0.25, 0.3) is 0 Å². The summed E-state index contributed by atoms with van der Waals surface area (Å²) in [4.78, 5) is 38.3. The van der Waals surface area contributed by atoms with Crippen LogP contribution in [-0.4, -0.2) is 41.8 Å². The molecule has 188 valence electrons. The zero-order valence-electron chi connectivity index (χ0n) is 21.6. The Hall–Kier alpha value is -3.35. The number of alkyl carbamates (subject to hydrolysis) is 1. The average molecular weight is 481 g/mol. The second-order valence-corrected chi connectivity index (χ2v) is 10.8. The van der Waals surface area contributed by atoms with Gasteiger partial charge >= 0.3 is 12.1 Å². The third-order valence-corrected chi connectivity index (χ3v) is 5.91. The molecule has 0 saturated carbocycles. The van der Waals surface area contributed by atoms with Gasteiger partial charge in [0.2, 0.25) is 5.91 Å². The van der Waals surface area contributed by atoms with Crippen molar-refractivity contribution in [1.82, 2.24) is 10.6 Å². The first-order chi connectivity index (χ1) is 16.3. The van der Waals surface area contributed by atoms with Crippen LogP contribution in [0.15, 0.2) is 48.5 Å². The summed E-state index contributed by atoms with van der Waals surface area (Å²) in [6, 6.07) is 15.3. The Morgan fingerprint density at radius 3 is 1.89 bits per heavy atom. The molecular formula is C28H36N2O5. The van der Waals surface area contributed by atoms with Gasteiger partial charge in [-0.25, -0.2) is 9.59 Å². The van der Waals surface area contributed by atoms with Crippen molar-refractivity contribution < 1.29 is 23.9 Å². The normalized spacial score (nSPS) is 14.1. The minimum Gasteiger partial charge on any atom is -0.458 e. The lowest BCUT2D eigenvalue weighted by Crippen LogP contribution is -2.58. The molecule has 7 nitrogen and oxygen atoms in total. The van der Waals surface area contributed by atoms with Crippen LogP contribution in [0.1, 0.15) is 65.5 Å². The van der Waals surface area contributed by atoms with E-state index >= 15 is 0 Å². The number of fused-ring (bicyclic) bond motifs is 3. The van der Waals surface area contributed by atoms with Crippen LogP contribution < -0.4 is 10.6 Å². The number of hydrogen-bond acceptors (Lipinski definition) is 5. The van der Waals surface area contributed by atoms with Gasteiger partial charge in [-0.2, -0.15) is 0 Å².